The van der Waals surface area contributed by atoms with Crippen LogP contribution in [0.2, 0.25) is 0 Å². The van der Waals surface area contributed by atoms with Crippen molar-refractivity contribution in [2.24, 2.45) is 16.9 Å². The van der Waals surface area contributed by atoms with Crippen LogP contribution in [0, 0.1) is 5.41 Å². The van der Waals surface area contributed by atoms with Crippen molar-refractivity contribution < 1.29 is 9.59 Å². The number of primary amides is 1. The quantitative estimate of drug-likeness (QED) is 0.498. The molecule has 0 aromatic heterocycles. The minimum absolute atomic E-state index is 0.0931. The fraction of sp³-hybridized carbons (Fsp3) is 0.778. The van der Waals surface area contributed by atoms with Crippen molar-refractivity contribution in [1.82, 2.24) is 5.32 Å². The van der Waals surface area contributed by atoms with Gasteiger partial charge in [-0.25, -0.2) is 0 Å². The average molecular weight is 201 g/mol. The van der Waals surface area contributed by atoms with E-state index in [0.717, 1.165) is 0 Å². The molecule has 2 amide bonds. The van der Waals surface area contributed by atoms with Gasteiger partial charge >= 0.3 is 0 Å². The molecule has 0 aliphatic carbocycles. The highest BCUT2D eigenvalue weighted by molar-refractivity contribution is 5.82. The normalized spacial score (nSPS) is 11.1. The molecule has 0 saturated heterocycles. The predicted molar refractivity (Wildman–Crippen MR) is 54.3 cm³/mol. The zero-order valence-corrected chi connectivity index (χ0v) is 8.80. The van der Waals surface area contributed by atoms with Crippen LogP contribution in [0.15, 0.2) is 0 Å². The molecule has 0 atom stereocenters. The van der Waals surface area contributed by atoms with E-state index in [1.807, 2.05) is 0 Å². The minimum Gasteiger partial charge on any atom is -0.370 e. The molecule has 0 aromatic rings. The van der Waals surface area contributed by atoms with Crippen molar-refractivity contribution in [1.29, 1.82) is 0 Å². The Kier molecular flexibility index (Phi) is 5.15. The van der Waals surface area contributed by atoms with E-state index in [-0.39, 0.29) is 11.8 Å². The number of carbonyl (C=O) groups excluding carboxylic acids is 2. The smallest absolute Gasteiger partial charge is 0.226 e. The van der Waals surface area contributed by atoms with Crippen LogP contribution >= 0.6 is 0 Å². The van der Waals surface area contributed by atoms with Gasteiger partial charge in [0.25, 0.3) is 0 Å². The molecule has 5 N–H and O–H groups in total. The van der Waals surface area contributed by atoms with Gasteiger partial charge in [0, 0.05) is 19.5 Å². The average Bonchev–Trinajstić information content (AvgIpc) is 2.11. The zero-order chi connectivity index (χ0) is 11.2. The van der Waals surface area contributed by atoms with Crippen LogP contribution in [-0.2, 0) is 9.59 Å². The summed E-state index contributed by atoms with van der Waals surface area (Å²) < 4.78 is 0. The number of nitrogens with one attached hydrogen (secondary N) is 1. The molecule has 5 nitrogen and oxygen atoms in total. The van der Waals surface area contributed by atoms with Gasteiger partial charge < -0.3 is 16.8 Å². The Balaban J connectivity index is 3.70. The first-order valence-electron chi connectivity index (χ1n) is 4.67. The minimum atomic E-state index is -0.549. The number of hydrogen-bond acceptors (Lipinski definition) is 3. The first-order valence-corrected chi connectivity index (χ1v) is 4.67. The fourth-order valence-corrected chi connectivity index (χ4v) is 0.797. The Morgan fingerprint density at radius 2 is 1.93 bits per heavy atom. The van der Waals surface area contributed by atoms with Crippen LogP contribution in [0.25, 0.3) is 0 Å². The molecule has 0 spiro atoms. The highest BCUT2D eigenvalue weighted by Gasteiger charge is 2.24. The molecular formula is C9H19N3O2. The second-order valence-electron chi connectivity index (χ2n) is 3.91. The molecule has 0 aromatic carbocycles. The Morgan fingerprint density at radius 1 is 1.36 bits per heavy atom. The van der Waals surface area contributed by atoms with Gasteiger partial charge in [-0.2, -0.15) is 0 Å². The van der Waals surface area contributed by atoms with E-state index in [2.05, 4.69) is 5.32 Å². The van der Waals surface area contributed by atoms with E-state index in [9.17, 15) is 9.59 Å². The standard InChI is InChI=1S/C9H19N3O2/c1-9(2,6-10)8(14)12-5-3-4-7(11)13/h3-6,10H2,1-2H3,(H2,11,13)(H,12,14). The third-order valence-electron chi connectivity index (χ3n) is 2.01. The van der Waals surface area contributed by atoms with Crippen molar-refractivity contribution in [3.63, 3.8) is 0 Å². The summed E-state index contributed by atoms with van der Waals surface area (Å²) in [6.07, 6.45) is 0.866. The topological polar surface area (TPSA) is 98.2 Å². The lowest BCUT2D eigenvalue weighted by Gasteiger charge is -2.20. The molecule has 0 aliphatic rings. The molecule has 0 fully saturated rings. The SMILES string of the molecule is CC(C)(CN)C(=O)NCCCC(N)=O. The summed E-state index contributed by atoms with van der Waals surface area (Å²) >= 11 is 0. The van der Waals surface area contributed by atoms with Crippen LogP contribution in [0.1, 0.15) is 26.7 Å². The van der Waals surface area contributed by atoms with Gasteiger partial charge in [0.15, 0.2) is 0 Å². The first kappa shape index (κ1) is 12.9. The number of rotatable bonds is 6. The van der Waals surface area contributed by atoms with E-state index in [1.165, 1.54) is 0 Å². The van der Waals surface area contributed by atoms with Crippen LogP contribution in [-0.4, -0.2) is 24.9 Å². The van der Waals surface area contributed by atoms with Crippen LogP contribution in [0.4, 0.5) is 0 Å². The summed E-state index contributed by atoms with van der Waals surface area (Å²) in [5.41, 5.74) is 9.83. The third kappa shape index (κ3) is 4.81. The van der Waals surface area contributed by atoms with Gasteiger partial charge in [-0.3, -0.25) is 9.59 Å². The van der Waals surface area contributed by atoms with Crippen molar-refractivity contribution in [2.45, 2.75) is 26.7 Å². The van der Waals surface area contributed by atoms with Gasteiger partial charge in [-0.05, 0) is 20.3 Å². The van der Waals surface area contributed by atoms with Gasteiger partial charge in [0.2, 0.25) is 11.8 Å². The summed E-state index contributed by atoms with van der Waals surface area (Å²) in [7, 11) is 0. The van der Waals surface area contributed by atoms with Gasteiger partial charge in [-0.1, -0.05) is 0 Å². The molecule has 0 bridgehead atoms. The molecule has 0 rings (SSSR count). The Morgan fingerprint density at radius 3 is 2.36 bits per heavy atom. The van der Waals surface area contributed by atoms with Crippen molar-refractivity contribution in [3.05, 3.63) is 0 Å². The maximum absolute atomic E-state index is 11.4. The largest absolute Gasteiger partial charge is 0.370 e. The monoisotopic (exact) mass is 201 g/mol. The summed E-state index contributed by atoms with van der Waals surface area (Å²) in [5, 5.41) is 2.70. The highest BCUT2D eigenvalue weighted by Crippen LogP contribution is 2.11. The number of amides is 2. The summed E-state index contributed by atoms with van der Waals surface area (Å²) in [4.78, 5) is 21.8. The molecule has 0 heterocycles. The molecule has 0 aliphatic heterocycles. The second-order valence-corrected chi connectivity index (χ2v) is 3.91. The Labute approximate surface area is 84.2 Å². The molecule has 0 unspecified atom stereocenters. The van der Waals surface area contributed by atoms with Crippen molar-refractivity contribution >= 4 is 11.8 Å². The van der Waals surface area contributed by atoms with Crippen LogP contribution < -0.4 is 16.8 Å². The summed E-state index contributed by atoms with van der Waals surface area (Å²) in [6, 6.07) is 0. The van der Waals surface area contributed by atoms with E-state index in [1.54, 1.807) is 13.8 Å². The van der Waals surface area contributed by atoms with E-state index in [0.29, 0.717) is 25.9 Å². The first-order chi connectivity index (χ1) is 6.40. The highest BCUT2D eigenvalue weighted by atomic mass is 16.2. The third-order valence-corrected chi connectivity index (χ3v) is 2.01. The number of nitrogens with two attached hydrogens (primary N) is 2. The van der Waals surface area contributed by atoms with E-state index in [4.69, 9.17) is 11.5 Å². The molecule has 0 radical (unpaired) electrons. The van der Waals surface area contributed by atoms with Gasteiger partial charge in [0.05, 0.1) is 5.41 Å². The molecule has 0 saturated carbocycles. The van der Waals surface area contributed by atoms with E-state index < -0.39 is 5.41 Å². The van der Waals surface area contributed by atoms with Crippen molar-refractivity contribution in [3.8, 4) is 0 Å². The lowest BCUT2D eigenvalue weighted by Crippen LogP contribution is -2.42. The molecule has 14 heavy (non-hydrogen) atoms. The summed E-state index contributed by atoms with van der Waals surface area (Å²) in [6.45, 7) is 4.31. The van der Waals surface area contributed by atoms with Gasteiger partial charge in [-0.15, -0.1) is 0 Å². The Bertz CT molecular complexity index is 214. The maximum atomic E-state index is 11.4. The summed E-state index contributed by atoms with van der Waals surface area (Å²) in [5.74, 6) is -0.443. The van der Waals surface area contributed by atoms with Crippen molar-refractivity contribution in [2.75, 3.05) is 13.1 Å². The van der Waals surface area contributed by atoms with Gasteiger partial charge in [0.1, 0.15) is 0 Å². The maximum Gasteiger partial charge on any atom is 0.226 e. The second kappa shape index (κ2) is 5.59. The molecule has 82 valence electrons. The Hall–Kier alpha value is -1.10. The molecular weight excluding hydrogens is 182 g/mol. The number of carbonyl (C=O) groups is 2. The lowest BCUT2D eigenvalue weighted by molar-refractivity contribution is -0.129. The fourth-order valence-electron chi connectivity index (χ4n) is 0.797. The van der Waals surface area contributed by atoms with E-state index >= 15 is 0 Å². The molecule has 5 heteroatoms. The predicted octanol–water partition coefficient (Wildman–Crippen LogP) is -0.647. The van der Waals surface area contributed by atoms with Crippen LogP contribution in [0.3, 0.4) is 0 Å². The lowest BCUT2D eigenvalue weighted by atomic mass is 9.93. The number of hydrogen-bond donors (Lipinski definition) is 3. The van der Waals surface area contributed by atoms with Crippen LogP contribution in [0.5, 0.6) is 0 Å². The zero-order valence-electron chi connectivity index (χ0n) is 8.80.